The van der Waals surface area contributed by atoms with Crippen molar-refractivity contribution in [1.82, 2.24) is 15.1 Å². The van der Waals surface area contributed by atoms with Crippen LogP contribution in [-0.2, 0) is 11.3 Å². The highest BCUT2D eigenvalue weighted by atomic mass is 32.1. The molecule has 1 aromatic rings. The lowest BCUT2D eigenvalue weighted by molar-refractivity contribution is 0.0527. The summed E-state index contributed by atoms with van der Waals surface area (Å²) in [5.74, 6) is 0.350. The number of aromatic nitrogens is 2. The fourth-order valence-electron chi connectivity index (χ4n) is 4.55. The first-order valence-electron chi connectivity index (χ1n) is 11.5. The van der Waals surface area contributed by atoms with Crippen molar-refractivity contribution in [2.75, 3.05) is 11.5 Å². The molecule has 0 aliphatic heterocycles. The van der Waals surface area contributed by atoms with Crippen LogP contribution in [0, 0.1) is 0 Å². The summed E-state index contributed by atoms with van der Waals surface area (Å²) in [6.07, 6.45) is 14.7. The molecule has 0 amide bonds. The molecule has 1 N–H and O–H groups in total. The van der Waals surface area contributed by atoms with Gasteiger partial charge < -0.3 is 10.1 Å². The van der Waals surface area contributed by atoms with Crippen molar-refractivity contribution >= 4 is 29.1 Å². The highest BCUT2D eigenvalue weighted by molar-refractivity contribution is 7.80. The van der Waals surface area contributed by atoms with E-state index in [9.17, 15) is 4.79 Å². The zero-order valence-corrected chi connectivity index (χ0v) is 18.8. The van der Waals surface area contributed by atoms with Gasteiger partial charge in [0, 0.05) is 24.8 Å². The van der Waals surface area contributed by atoms with Gasteiger partial charge in [-0.1, -0.05) is 45.4 Å². The van der Waals surface area contributed by atoms with E-state index < -0.39 is 0 Å². The molecule has 0 saturated heterocycles. The molecule has 162 valence electrons. The smallest absolute Gasteiger partial charge is 0.343 e. The first-order valence-corrected chi connectivity index (χ1v) is 11.9. The summed E-state index contributed by atoms with van der Waals surface area (Å²) in [5, 5.41) is 9.14. The number of nitrogens with zero attached hydrogens (tertiary/aromatic N) is 3. The van der Waals surface area contributed by atoms with Crippen LogP contribution in [0.5, 0.6) is 0 Å². The summed E-state index contributed by atoms with van der Waals surface area (Å²) in [6, 6.07) is 0.705. The molecular formula is C22H36N4O2S. The van der Waals surface area contributed by atoms with Crippen molar-refractivity contribution in [3.8, 4) is 0 Å². The molecule has 29 heavy (non-hydrogen) atoms. The lowest BCUT2D eigenvalue weighted by Gasteiger charge is -2.37. The van der Waals surface area contributed by atoms with E-state index in [2.05, 4.69) is 17.1 Å². The van der Waals surface area contributed by atoms with Gasteiger partial charge in [0.2, 0.25) is 0 Å². The standard InChI is InChI=1S/C22H36N4O2S/c1-3-15-25-16-19(21(27)28-4-2)20(24-25)26(18-13-9-6-10-14-18)22(29)23-17-11-7-5-8-12-17/h16-18H,3-15H2,1-2H3,(H,23,29). The van der Waals surface area contributed by atoms with Crippen molar-refractivity contribution in [3.05, 3.63) is 11.8 Å². The Morgan fingerprint density at radius 1 is 1.17 bits per heavy atom. The first-order chi connectivity index (χ1) is 14.1. The predicted molar refractivity (Wildman–Crippen MR) is 120 cm³/mol. The van der Waals surface area contributed by atoms with Crippen LogP contribution in [0.2, 0.25) is 0 Å². The number of hydrogen-bond acceptors (Lipinski definition) is 4. The van der Waals surface area contributed by atoms with Gasteiger partial charge in [-0.15, -0.1) is 0 Å². The van der Waals surface area contributed by atoms with Gasteiger partial charge in [0.1, 0.15) is 5.56 Å². The van der Waals surface area contributed by atoms with Gasteiger partial charge in [-0.25, -0.2) is 4.79 Å². The Kier molecular flexibility index (Phi) is 8.33. The van der Waals surface area contributed by atoms with Gasteiger partial charge in [0.15, 0.2) is 10.9 Å². The molecule has 0 spiro atoms. The van der Waals surface area contributed by atoms with Crippen LogP contribution < -0.4 is 10.2 Å². The van der Waals surface area contributed by atoms with Crippen molar-refractivity contribution in [2.45, 2.75) is 103 Å². The summed E-state index contributed by atoms with van der Waals surface area (Å²) in [7, 11) is 0. The Hall–Kier alpha value is -1.63. The SMILES string of the molecule is CCCn1cc(C(=O)OCC)c(N(C(=S)NC2CCCCC2)C2CCCCC2)n1. The van der Waals surface area contributed by atoms with E-state index in [4.69, 9.17) is 22.1 Å². The minimum Gasteiger partial charge on any atom is -0.462 e. The van der Waals surface area contributed by atoms with Crippen LogP contribution in [0.15, 0.2) is 6.20 Å². The van der Waals surface area contributed by atoms with Crippen LogP contribution in [0.25, 0.3) is 0 Å². The first kappa shape index (κ1) is 22.1. The zero-order chi connectivity index (χ0) is 20.6. The quantitative estimate of drug-likeness (QED) is 0.504. The summed E-state index contributed by atoms with van der Waals surface area (Å²) < 4.78 is 7.21. The van der Waals surface area contributed by atoms with Crippen LogP contribution in [0.3, 0.4) is 0 Å². The number of rotatable bonds is 7. The largest absolute Gasteiger partial charge is 0.462 e. The van der Waals surface area contributed by atoms with Crippen molar-refractivity contribution < 1.29 is 9.53 Å². The van der Waals surface area contributed by atoms with E-state index in [1.807, 2.05) is 17.8 Å². The van der Waals surface area contributed by atoms with Gasteiger partial charge in [-0.3, -0.25) is 9.58 Å². The number of anilines is 1. The number of thiocarbonyl (C=S) groups is 1. The second-order valence-electron chi connectivity index (χ2n) is 8.30. The molecule has 1 aromatic heterocycles. The normalized spacial score (nSPS) is 18.4. The minimum atomic E-state index is -0.314. The number of nitrogens with one attached hydrogen (secondary N) is 1. The molecular weight excluding hydrogens is 384 g/mol. The number of aryl methyl sites for hydroxylation is 1. The Morgan fingerprint density at radius 3 is 2.45 bits per heavy atom. The van der Waals surface area contributed by atoms with E-state index in [1.54, 1.807) is 0 Å². The maximum absolute atomic E-state index is 12.7. The molecule has 1 heterocycles. The van der Waals surface area contributed by atoms with Crippen LogP contribution >= 0.6 is 12.2 Å². The zero-order valence-electron chi connectivity index (χ0n) is 18.0. The lowest BCUT2D eigenvalue weighted by atomic mass is 9.93. The van der Waals surface area contributed by atoms with E-state index in [1.165, 1.54) is 38.5 Å². The van der Waals surface area contributed by atoms with Crippen LogP contribution in [-0.4, -0.2) is 39.6 Å². The number of ether oxygens (including phenoxy) is 1. The number of esters is 1. The molecule has 6 nitrogen and oxygen atoms in total. The van der Waals surface area contributed by atoms with Gasteiger partial charge in [0.05, 0.1) is 6.61 Å². The Balaban J connectivity index is 1.91. The Bertz CT molecular complexity index is 678. The molecule has 0 atom stereocenters. The highest BCUT2D eigenvalue weighted by Gasteiger charge is 2.32. The second kappa shape index (κ2) is 11.0. The van der Waals surface area contributed by atoms with E-state index >= 15 is 0 Å². The van der Waals surface area contributed by atoms with E-state index in [0.717, 1.165) is 43.8 Å². The second-order valence-corrected chi connectivity index (χ2v) is 8.68. The van der Waals surface area contributed by atoms with Crippen molar-refractivity contribution in [2.24, 2.45) is 0 Å². The molecule has 0 bridgehead atoms. The molecule has 0 radical (unpaired) electrons. The maximum atomic E-state index is 12.7. The predicted octanol–water partition coefficient (Wildman–Crippen LogP) is 4.82. The Labute approximate surface area is 180 Å². The topological polar surface area (TPSA) is 59.4 Å². The van der Waals surface area contributed by atoms with Gasteiger partial charge in [0.25, 0.3) is 0 Å². The highest BCUT2D eigenvalue weighted by Crippen LogP contribution is 2.30. The number of hydrogen-bond donors (Lipinski definition) is 1. The Morgan fingerprint density at radius 2 is 1.83 bits per heavy atom. The molecule has 3 rings (SSSR count). The van der Waals surface area contributed by atoms with Crippen molar-refractivity contribution in [3.63, 3.8) is 0 Å². The molecule has 0 aromatic carbocycles. The molecule has 7 heteroatoms. The minimum absolute atomic E-state index is 0.283. The third-order valence-electron chi connectivity index (χ3n) is 6.01. The average Bonchev–Trinajstić information content (AvgIpc) is 3.14. The summed E-state index contributed by atoms with van der Waals surface area (Å²) in [5.41, 5.74) is 0.527. The third-order valence-corrected chi connectivity index (χ3v) is 6.32. The van der Waals surface area contributed by atoms with Gasteiger partial charge >= 0.3 is 5.97 Å². The maximum Gasteiger partial charge on any atom is 0.343 e. The van der Waals surface area contributed by atoms with Crippen molar-refractivity contribution in [1.29, 1.82) is 0 Å². The summed E-state index contributed by atoms with van der Waals surface area (Å²) >= 11 is 5.92. The fraction of sp³-hybridized carbons (Fsp3) is 0.773. The van der Waals surface area contributed by atoms with Gasteiger partial charge in [-0.2, -0.15) is 5.10 Å². The summed E-state index contributed by atoms with van der Waals surface area (Å²) in [6.45, 7) is 5.07. The molecule has 2 aliphatic rings. The number of carbonyl (C=O) groups excluding carboxylic acids is 1. The third kappa shape index (κ3) is 5.71. The monoisotopic (exact) mass is 420 g/mol. The molecule has 0 unspecified atom stereocenters. The van der Waals surface area contributed by atoms with E-state index in [0.29, 0.717) is 24.0 Å². The molecule has 2 aliphatic carbocycles. The molecule has 2 fully saturated rings. The van der Waals surface area contributed by atoms with Crippen LogP contribution in [0.4, 0.5) is 5.82 Å². The summed E-state index contributed by atoms with van der Waals surface area (Å²) in [4.78, 5) is 14.9. The average molecular weight is 421 g/mol. The fourth-order valence-corrected chi connectivity index (χ4v) is 4.95. The lowest BCUT2D eigenvalue weighted by Crippen LogP contribution is -2.51. The van der Waals surface area contributed by atoms with Gasteiger partial charge in [-0.05, 0) is 51.2 Å². The number of carbonyl (C=O) groups is 1. The van der Waals surface area contributed by atoms with E-state index in [-0.39, 0.29) is 12.0 Å². The molecule has 2 saturated carbocycles. The van der Waals surface area contributed by atoms with Crippen LogP contribution in [0.1, 0.15) is 94.8 Å².